The molecule has 0 radical (unpaired) electrons. The number of rotatable bonds is 7. The molecule has 1 saturated heterocycles. The molecule has 0 bridgehead atoms. The van der Waals surface area contributed by atoms with E-state index in [0.717, 1.165) is 55.0 Å². The van der Waals surface area contributed by atoms with Crippen LogP contribution in [0.25, 0.3) is 22.9 Å². The van der Waals surface area contributed by atoms with Crippen LogP contribution in [0.4, 0.5) is 0 Å². The Morgan fingerprint density at radius 1 is 0.861 bits per heavy atom. The fourth-order valence-corrected chi connectivity index (χ4v) is 4.34. The molecule has 0 atom stereocenters. The second kappa shape index (κ2) is 10.8. The highest BCUT2D eigenvalue weighted by molar-refractivity contribution is 5.94. The molecule has 2 heterocycles. The van der Waals surface area contributed by atoms with Crippen LogP contribution in [0.3, 0.4) is 0 Å². The minimum atomic E-state index is -0.116. The Morgan fingerprint density at radius 2 is 1.53 bits per heavy atom. The van der Waals surface area contributed by atoms with Crippen LogP contribution in [0.2, 0.25) is 0 Å². The molecular weight excluding hydrogens is 450 g/mol. The van der Waals surface area contributed by atoms with E-state index in [1.807, 2.05) is 43.3 Å². The second-order valence-corrected chi connectivity index (χ2v) is 9.38. The lowest BCUT2D eigenvalue weighted by Crippen LogP contribution is -2.43. The molecule has 0 unspecified atom stereocenters. The van der Waals surface area contributed by atoms with Crippen LogP contribution in [0.5, 0.6) is 0 Å². The second-order valence-electron chi connectivity index (χ2n) is 9.38. The zero-order chi connectivity index (χ0) is 24.9. The molecule has 5 rings (SSSR count). The molecule has 4 aromatic rings. The number of carbonyl (C=O) groups excluding carboxylic acids is 1. The first kappa shape index (κ1) is 23.9. The lowest BCUT2D eigenvalue weighted by molar-refractivity contribution is 0.0951. The van der Waals surface area contributed by atoms with Crippen molar-refractivity contribution in [2.45, 2.75) is 20.0 Å². The zero-order valence-electron chi connectivity index (χ0n) is 20.8. The van der Waals surface area contributed by atoms with Crippen molar-refractivity contribution in [3.05, 3.63) is 95.1 Å². The Labute approximate surface area is 211 Å². The van der Waals surface area contributed by atoms with Crippen molar-refractivity contribution in [3.63, 3.8) is 0 Å². The summed E-state index contributed by atoms with van der Waals surface area (Å²) < 4.78 is 5.88. The molecule has 184 valence electrons. The van der Waals surface area contributed by atoms with Crippen LogP contribution in [-0.2, 0) is 13.1 Å². The van der Waals surface area contributed by atoms with Crippen molar-refractivity contribution in [1.82, 2.24) is 25.3 Å². The first-order valence-corrected chi connectivity index (χ1v) is 12.3. The van der Waals surface area contributed by atoms with Gasteiger partial charge < -0.3 is 14.6 Å². The molecule has 0 aliphatic carbocycles. The van der Waals surface area contributed by atoms with Crippen molar-refractivity contribution in [2.75, 3.05) is 33.2 Å². The summed E-state index contributed by atoms with van der Waals surface area (Å²) >= 11 is 0. The van der Waals surface area contributed by atoms with Crippen molar-refractivity contribution in [1.29, 1.82) is 0 Å². The third kappa shape index (κ3) is 5.70. The van der Waals surface area contributed by atoms with Crippen LogP contribution >= 0.6 is 0 Å². The molecule has 1 amide bonds. The SMILES string of the molecule is Cc1ccccc1-c1nnc(-c2ccc(C(=O)NCc3ccc(CN4CCN(C)CC4)cc3)cc2)o1. The van der Waals surface area contributed by atoms with Crippen molar-refractivity contribution in [2.24, 2.45) is 0 Å². The zero-order valence-corrected chi connectivity index (χ0v) is 20.8. The summed E-state index contributed by atoms with van der Waals surface area (Å²) in [6.45, 7) is 7.91. The highest BCUT2D eigenvalue weighted by atomic mass is 16.4. The summed E-state index contributed by atoms with van der Waals surface area (Å²) in [6.07, 6.45) is 0. The molecule has 1 aliphatic rings. The smallest absolute Gasteiger partial charge is 0.251 e. The van der Waals surface area contributed by atoms with Crippen molar-refractivity contribution in [3.8, 4) is 22.9 Å². The third-order valence-corrected chi connectivity index (χ3v) is 6.67. The first-order valence-electron chi connectivity index (χ1n) is 12.3. The number of likely N-dealkylation sites (N-methyl/N-ethyl adjacent to an activating group) is 1. The largest absolute Gasteiger partial charge is 0.416 e. The predicted molar refractivity (Wildman–Crippen MR) is 140 cm³/mol. The van der Waals surface area contributed by atoms with Gasteiger partial charge in [0.25, 0.3) is 5.91 Å². The van der Waals surface area contributed by atoms with Gasteiger partial charge in [0, 0.05) is 56.0 Å². The fourth-order valence-electron chi connectivity index (χ4n) is 4.34. The van der Waals surface area contributed by atoms with Gasteiger partial charge in [-0.15, -0.1) is 10.2 Å². The molecule has 7 nitrogen and oxygen atoms in total. The van der Waals surface area contributed by atoms with Crippen LogP contribution in [0.1, 0.15) is 27.0 Å². The number of benzene rings is 3. The van der Waals surface area contributed by atoms with E-state index < -0.39 is 0 Å². The summed E-state index contributed by atoms with van der Waals surface area (Å²) in [5.41, 5.74) is 5.73. The number of hydrogen-bond donors (Lipinski definition) is 1. The lowest BCUT2D eigenvalue weighted by atomic mass is 10.1. The van der Waals surface area contributed by atoms with Gasteiger partial charge >= 0.3 is 0 Å². The Bertz CT molecular complexity index is 1310. The summed E-state index contributed by atoms with van der Waals surface area (Å²) in [7, 11) is 2.17. The quantitative estimate of drug-likeness (QED) is 0.422. The number of nitrogens with one attached hydrogen (secondary N) is 1. The van der Waals surface area contributed by atoms with E-state index in [1.165, 1.54) is 5.56 Å². The van der Waals surface area contributed by atoms with E-state index in [-0.39, 0.29) is 5.91 Å². The van der Waals surface area contributed by atoms with Crippen LogP contribution in [-0.4, -0.2) is 59.1 Å². The lowest BCUT2D eigenvalue weighted by Gasteiger charge is -2.32. The molecule has 0 saturated carbocycles. The van der Waals surface area contributed by atoms with E-state index in [0.29, 0.717) is 23.9 Å². The van der Waals surface area contributed by atoms with Gasteiger partial charge in [0.1, 0.15) is 0 Å². The van der Waals surface area contributed by atoms with Crippen molar-refractivity contribution >= 4 is 5.91 Å². The van der Waals surface area contributed by atoms with Gasteiger partial charge in [-0.2, -0.15) is 0 Å². The van der Waals surface area contributed by atoms with E-state index in [9.17, 15) is 4.79 Å². The molecule has 3 aromatic carbocycles. The van der Waals surface area contributed by atoms with Gasteiger partial charge in [-0.05, 0) is 61.0 Å². The van der Waals surface area contributed by atoms with Crippen LogP contribution in [0.15, 0.2) is 77.2 Å². The molecule has 7 heteroatoms. The summed E-state index contributed by atoms with van der Waals surface area (Å²) in [5.74, 6) is 0.797. The Balaban J connectivity index is 1.15. The number of hydrogen-bond acceptors (Lipinski definition) is 6. The van der Waals surface area contributed by atoms with Gasteiger partial charge in [0.2, 0.25) is 11.8 Å². The topological polar surface area (TPSA) is 74.5 Å². The van der Waals surface area contributed by atoms with E-state index in [2.05, 4.69) is 56.6 Å². The average Bonchev–Trinajstić information content (AvgIpc) is 3.40. The van der Waals surface area contributed by atoms with Gasteiger partial charge in [-0.25, -0.2) is 0 Å². The molecule has 1 aliphatic heterocycles. The maximum absolute atomic E-state index is 12.7. The number of carbonyl (C=O) groups is 1. The highest BCUT2D eigenvalue weighted by Crippen LogP contribution is 2.26. The Kier molecular flexibility index (Phi) is 7.21. The molecular formula is C29H31N5O2. The Hall–Kier alpha value is -3.81. The van der Waals surface area contributed by atoms with E-state index in [1.54, 1.807) is 12.1 Å². The highest BCUT2D eigenvalue weighted by Gasteiger charge is 2.15. The van der Waals surface area contributed by atoms with Gasteiger partial charge in [0.15, 0.2) is 0 Å². The van der Waals surface area contributed by atoms with E-state index in [4.69, 9.17) is 4.42 Å². The van der Waals surface area contributed by atoms with E-state index >= 15 is 0 Å². The standard InChI is InChI=1S/C29H31N5O2/c1-21-5-3-4-6-26(21)29-32-31-28(36-29)25-13-11-24(12-14-25)27(35)30-19-22-7-9-23(10-8-22)20-34-17-15-33(2)16-18-34/h3-14H,15-20H2,1-2H3,(H,30,35). The minimum Gasteiger partial charge on any atom is -0.416 e. The first-order chi connectivity index (χ1) is 17.5. The molecule has 1 fully saturated rings. The molecule has 1 N–H and O–H groups in total. The number of piperazine rings is 1. The number of aryl methyl sites for hydroxylation is 1. The van der Waals surface area contributed by atoms with Gasteiger partial charge in [-0.3, -0.25) is 9.69 Å². The molecule has 1 aromatic heterocycles. The monoisotopic (exact) mass is 481 g/mol. The third-order valence-electron chi connectivity index (χ3n) is 6.67. The van der Waals surface area contributed by atoms with Crippen molar-refractivity contribution < 1.29 is 9.21 Å². The van der Waals surface area contributed by atoms with Gasteiger partial charge in [0.05, 0.1) is 0 Å². The maximum Gasteiger partial charge on any atom is 0.251 e. The summed E-state index contributed by atoms with van der Waals surface area (Å²) in [5, 5.41) is 11.4. The Morgan fingerprint density at radius 3 is 2.25 bits per heavy atom. The predicted octanol–water partition coefficient (Wildman–Crippen LogP) is 4.39. The fraction of sp³-hybridized carbons (Fsp3) is 0.276. The van der Waals surface area contributed by atoms with Crippen LogP contribution in [0, 0.1) is 6.92 Å². The van der Waals surface area contributed by atoms with Crippen LogP contribution < -0.4 is 5.32 Å². The number of amides is 1. The van der Waals surface area contributed by atoms with Gasteiger partial charge in [-0.1, -0.05) is 42.5 Å². The normalized spacial score (nSPS) is 14.6. The maximum atomic E-state index is 12.7. The number of aromatic nitrogens is 2. The average molecular weight is 482 g/mol. The molecule has 0 spiro atoms. The summed E-state index contributed by atoms with van der Waals surface area (Å²) in [4.78, 5) is 17.5. The molecule has 36 heavy (non-hydrogen) atoms. The summed E-state index contributed by atoms with van der Waals surface area (Å²) in [6, 6.07) is 23.6. The minimum absolute atomic E-state index is 0.116. The number of nitrogens with zero attached hydrogens (tertiary/aromatic N) is 4.